The summed E-state index contributed by atoms with van der Waals surface area (Å²) in [5.41, 5.74) is 1.92. The number of nitrogens with zero attached hydrogens (tertiary/aromatic N) is 3. The van der Waals surface area contributed by atoms with Gasteiger partial charge in [-0.05, 0) is 24.6 Å². The van der Waals surface area contributed by atoms with Crippen molar-refractivity contribution >= 4 is 5.91 Å². The third-order valence-corrected chi connectivity index (χ3v) is 4.37. The lowest BCUT2D eigenvalue weighted by molar-refractivity contribution is -0.128. The van der Waals surface area contributed by atoms with E-state index in [-0.39, 0.29) is 17.8 Å². The van der Waals surface area contributed by atoms with Gasteiger partial charge in [0.2, 0.25) is 5.91 Å². The van der Waals surface area contributed by atoms with Gasteiger partial charge in [0, 0.05) is 45.3 Å². The maximum Gasteiger partial charge on any atom is 0.224 e. The fourth-order valence-electron chi connectivity index (χ4n) is 2.88. The van der Waals surface area contributed by atoms with E-state index < -0.39 is 0 Å². The minimum absolute atomic E-state index is 0.105. The van der Waals surface area contributed by atoms with Crippen LogP contribution in [0.4, 0.5) is 4.39 Å². The van der Waals surface area contributed by atoms with E-state index >= 15 is 0 Å². The Morgan fingerprint density at radius 1 is 1.43 bits per heavy atom. The van der Waals surface area contributed by atoms with Gasteiger partial charge in [-0.25, -0.2) is 9.37 Å². The van der Waals surface area contributed by atoms with Gasteiger partial charge in [0.15, 0.2) is 0 Å². The molecule has 1 amide bonds. The minimum Gasteiger partial charge on any atom is -0.337 e. The lowest BCUT2D eigenvalue weighted by atomic mass is 10.2. The zero-order valence-corrected chi connectivity index (χ0v) is 13.4. The van der Waals surface area contributed by atoms with Gasteiger partial charge in [-0.2, -0.15) is 0 Å². The summed E-state index contributed by atoms with van der Waals surface area (Å²) in [7, 11) is 1.98. The lowest BCUT2D eigenvalue weighted by Crippen LogP contribution is -2.32. The number of aromatic nitrogens is 2. The molecule has 6 heteroatoms. The van der Waals surface area contributed by atoms with Crippen molar-refractivity contribution in [1.29, 1.82) is 0 Å². The summed E-state index contributed by atoms with van der Waals surface area (Å²) in [4.78, 5) is 18.2. The number of hydrogen-bond acceptors (Lipinski definition) is 3. The number of rotatable bonds is 5. The number of hydrogen-bond donors (Lipinski definition) is 1. The van der Waals surface area contributed by atoms with Crippen LogP contribution in [0.1, 0.15) is 23.5 Å². The van der Waals surface area contributed by atoms with Gasteiger partial charge >= 0.3 is 0 Å². The van der Waals surface area contributed by atoms with E-state index in [0.29, 0.717) is 26.1 Å². The second-order valence-corrected chi connectivity index (χ2v) is 6.04. The van der Waals surface area contributed by atoms with E-state index in [1.54, 1.807) is 11.0 Å². The molecule has 0 spiro atoms. The van der Waals surface area contributed by atoms with Gasteiger partial charge in [-0.3, -0.25) is 4.79 Å². The zero-order valence-electron chi connectivity index (χ0n) is 13.4. The van der Waals surface area contributed by atoms with Crippen LogP contribution in [0.15, 0.2) is 30.5 Å². The van der Waals surface area contributed by atoms with E-state index in [1.807, 2.05) is 30.8 Å². The average Bonchev–Trinajstić information content (AvgIpc) is 3.01. The maximum absolute atomic E-state index is 13.2. The maximum atomic E-state index is 13.2. The molecule has 2 heterocycles. The first-order chi connectivity index (χ1) is 11.0. The molecule has 1 aliphatic heterocycles. The predicted molar refractivity (Wildman–Crippen MR) is 85.0 cm³/mol. The fraction of sp³-hybridized carbons (Fsp3) is 0.412. The highest BCUT2D eigenvalue weighted by Gasteiger charge is 2.29. The Hall–Kier alpha value is -2.21. The smallest absolute Gasteiger partial charge is 0.224 e. The van der Waals surface area contributed by atoms with Gasteiger partial charge in [0.25, 0.3) is 0 Å². The average molecular weight is 316 g/mol. The number of carbonyl (C=O) groups is 1. The van der Waals surface area contributed by atoms with Crippen LogP contribution in [0.2, 0.25) is 0 Å². The lowest BCUT2D eigenvalue weighted by Gasteiger charge is -2.17. The van der Waals surface area contributed by atoms with E-state index in [0.717, 1.165) is 17.1 Å². The van der Waals surface area contributed by atoms with Gasteiger partial charge in [-0.1, -0.05) is 12.1 Å². The van der Waals surface area contributed by atoms with Crippen LogP contribution < -0.4 is 5.32 Å². The van der Waals surface area contributed by atoms with Crippen LogP contribution in [0.3, 0.4) is 0 Å². The van der Waals surface area contributed by atoms with Crippen molar-refractivity contribution in [3.63, 3.8) is 0 Å². The number of aryl methyl sites for hydroxylation is 1. The van der Waals surface area contributed by atoms with Crippen LogP contribution in [-0.4, -0.2) is 32.9 Å². The highest BCUT2D eigenvalue weighted by Crippen LogP contribution is 2.16. The molecule has 0 unspecified atom stereocenters. The van der Waals surface area contributed by atoms with Crippen molar-refractivity contribution < 1.29 is 9.18 Å². The van der Waals surface area contributed by atoms with Crippen molar-refractivity contribution in [1.82, 2.24) is 19.8 Å². The quantitative estimate of drug-likeness (QED) is 0.914. The summed E-state index contributed by atoms with van der Waals surface area (Å²) in [6, 6.07) is 6.52. The molecule has 1 atom stereocenters. The number of halogens is 1. The van der Waals surface area contributed by atoms with Crippen molar-refractivity contribution in [3.8, 4) is 0 Å². The van der Waals surface area contributed by atoms with E-state index in [2.05, 4.69) is 10.3 Å². The fourth-order valence-corrected chi connectivity index (χ4v) is 2.88. The molecule has 0 aliphatic carbocycles. The number of likely N-dealkylation sites (tertiary alicyclic amines) is 1. The highest BCUT2D eigenvalue weighted by atomic mass is 19.1. The summed E-state index contributed by atoms with van der Waals surface area (Å²) in [5.74, 6) is 0.806. The molecule has 1 aromatic carbocycles. The Bertz CT molecular complexity index is 712. The van der Waals surface area contributed by atoms with Crippen molar-refractivity contribution in [3.05, 3.63) is 53.4 Å². The molecule has 1 aromatic heterocycles. The number of nitrogens with one attached hydrogen (secondary N) is 1. The molecule has 1 saturated heterocycles. The monoisotopic (exact) mass is 316 g/mol. The largest absolute Gasteiger partial charge is 0.337 e. The number of benzene rings is 1. The molecule has 5 nitrogen and oxygen atoms in total. The minimum atomic E-state index is -0.268. The normalized spacial score (nSPS) is 18.0. The van der Waals surface area contributed by atoms with Gasteiger partial charge in [0.05, 0.1) is 5.69 Å². The molecule has 122 valence electrons. The van der Waals surface area contributed by atoms with Gasteiger partial charge in [-0.15, -0.1) is 0 Å². The first-order valence-electron chi connectivity index (χ1n) is 7.75. The third-order valence-electron chi connectivity index (χ3n) is 4.37. The molecular formula is C17H21FN4O. The van der Waals surface area contributed by atoms with Crippen LogP contribution in [-0.2, 0) is 24.9 Å². The van der Waals surface area contributed by atoms with Crippen molar-refractivity contribution in [2.24, 2.45) is 7.05 Å². The second kappa shape index (κ2) is 6.50. The molecule has 0 radical (unpaired) electrons. The Labute approximate surface area is 135 Å². The van der Waals surface area contributed by atoms with Crippen LogP contribution in [0.25, 0.3) is 0 Å². The molecule has 1 fully saturated rings. The summed E-state index contributed by atoms with van der Waals surface area (Å²) in [5, 5.41) is 3.41. The molecule has 0 bridgehead atoms. The van der Waals surface area contributed by atoms with Gasteiger partial charge in [0.1, 0.15) is 11.6 Å². The SMILES string of the molecule is Cc1ncc(CN[C@@H]2CC(=O)N(Cc3cccc(F)c3)C2)n1C. The third kappa shape index (κ3) is 3.59. The second-order valence-electron chi connectivity index (χ2n) is 6.04. The standard InChI is InChI=1S/C17H21FN4O/c1-12-19-8-16(21(12)2)9-20-15-7-17(23)22(11-15)10-13-4-3-5-14(18)6-13/h3-6,8,15,20H,7,9-11H2,1-2H3/t15-/m1/s1. The van der Waals surface area contributed by atoms with Crippen LogP contribution in [0, 0.1) is 12.7 Å². The van der Waals surface area contributed by atoms with Crippen LogP contribution in [0.5, 0.6) is 0 Å². The molecule has 1 aliphatic rings. The summed E-state index contributed by atoms with van der Waals surface area (Å²) >= 11 is 0. The number of imidazole rings is 1. The Balaban J connectivity index is 1.56. The van der Waals surface area contributed by atoms with E-state index in [1.165, 1.54) is 12.1 Å². The molecular weight excluding hydrogens is 295 g/mol. The summed E-state index contributed by atoms with van der Waals surface area (Å²) in [6.45, 7) is 3.75. The Kier molecular flexibility index (Phi) is 4.43. The van der Waals surface area contributed by atoms with Crippen LogP contribution >= 0.6 is 0 Å². The van der Waals surface area contributed by atoms with E-state index in [9.17, 15) is 9.18 Å². The Morgan fingerprint density at radius 3 is 2.96 bits per heavy atom. The molecule has 0 saturated carbocycles. The predicted octanol–water partition coefficient (Wildman–Crippen LogP) is 1.76. The summed E-state index contributed by atoms with van der Waals surface area (Å²) < 4.78 is 15.3. The molecule has 3 rings (SSSR count). The number of carbonyl (C=O) groups excluding carboxylic acids is 1. The van der Waals surface area contributed by atoms with Crippen molar-refractivity contribution in [2.75, 3.05) is 6.54 Å². The Morgan fingerprint density at radius 2 is 2.26 bits per heavy atom. The zero-order chi connectivity index (χ0) is 16.4. The first kappa shape index (κ1) is 15.7. The molecule has 23 heavy (non-hydrogen) atoms. The summed E-state index contributed by atoms with van der Waals surface area (Å²) in [6.07, 6.45) is 2.33. The molecule has 1 N–H and O–H groups in total. The molecule has 2 aromatic rings. The highest BCUT2D eigenvalue weighted by molar-refractivity contribution is 5.79. The van der Waals surface area contributed by atoms with Crippen molar-refractivity contribution in [2.45, 2.75) is 32.5 Å². The topological polar surface area (TPSA) is 50.2 Å². The number of amides is 1. The van der Waals surface area contributed by atoms with E-state index in [4.69, 9.17) is 0 Å². The van der Waals surface area contributed by atoms with Gasteiger partial charge < -0.3 is 14.8 Å². The first-order valence-corrected chi connectivity index (χ1v) is 7.75.